The van der Waals surface area contributed by atoms with E-state index in [1.54, 1.807) is 0 Å². The Hall–Kier alpha value is -1.08. The Morgan fingerprint density at radius 1 is 1.60 bits per heavy atom. The first-order chi connectivity index (χ1) is 4.86. The maximum Gasteiger partial charge on any atom is 0.101 e. The summed E-state index contributed by atoms with van der Waals surface area (Å²) in [5.74, 6) is 0. The number of aromatic nitrogens is 1. The summed E-state index contributed by atoms with van der Waals surface area (Å²) in [5, 5.41) is 8.34. The summed E-state index contributed by atoms with van der Waals surface area (Å²) >= 11 is 0.0847. The first-order valence-corrected chi connectivity index (χ1v) is 3.22. The van der Waals surface area contributed by atoms with Crippen molar-refractivity contribution in [3.8, 4) is 6.07 Å². The lowest BCUT2D eigenvalue weighted by molar-refractivity contribution is 0.931. The van der Waals surface area contributed by atoms with Gasteiger partial charge in [-0.25, -0.2) is 0 Å². The van der Waals surface area contributed by atoms with Gasteiger partial charge in [0.15, 0.2) is 0 Å². The summed E-state index contributed by atoms with van der Waals surface area (Å²) in [6, 6.07) is 3.30. The number of pyridine rings is 1. The van der Waals surface area contributed by atoms with Gasteiger partial charge < -0.3 is 0 Å². The van der Waals surface area contributed by atoms with Gasteiger partial charge in [0.25, 0.3) is 0 Å². The van der Waals surface area contributed by atoms with Gasteiger partial charge in [0, 0.05) is 12.4 Å². The van der Waals surface area contributed by atoms with Crippen LogP contribution in [0, 0.1) is 11.3 Å². The number of nitriles is 1. The van der Waals surface area contributed by atoms with Gasteiger partial charge in [-0.05, 0) is 6.07 Å². The smallest absolute Gasteiger partial charge is 0.101 e. The highest BCUT2D eigenvalue weighted by atomic mass is 32.2. The molecule has 0 unspecified atom stereocenters. The molecule has 2 nitrogen and oxygen atoms in total. The topological polar surface area (TPSA) is 36.7 Å². The van der Waals surface area contributed by atoms with Gasteiger partial charge in [-0.1, -0.05) is 0 Å². The Bertz CT molecular complexity index is 269. The highest BCUT2D eigenvalue weighted by Crippen LogP contribution is 2.17. The van der Waals surface area contributed by atoms with Gasteiger partial charge in [0.05, 0.1) is 22.6 Å². The number of hydrogen-bond donors (Lipinski definition) is 0. The monoisotopic (exact) mass is 154 g/mol. The number of hydrogen-bond acceptors (Lipinski definition) is 3. The fourth-order valence-corrected chi connectivity index (χ4v) is 0.794. The molecule has 0 saturated heterocycles. The van der Waals surface area contributed by atoms with Crippen molar-refractivity contribution in [2.45, 2.75) is 4.90 Å². The van der Waals surface area contributed by atoms with E-state index in [9.17, 15) is 3.89 Å². The highest BCUT2D eigenvalue weighted by Gasteiger charge is 1.94. The molecular weight excluding hydrogens is 151 g/mol. The molecule has 0 saturated carbocycles. The fraction of sp³-hybridized carbons (Fsp3) is 0. The quantitative estimate of drug-likeness (QED) is 0.620. The van der Waals surface area contributed by atoms with Crippen molar-refractivity contribution in [2.75, 3.05) is 0 Å². The van der Waals surface area contributed by atoms with Crippen molar-refractivity contribution in [1.29, 1.82) is 5.26 Å². The van der Waals surface area contributed by atoms with Crippen LogP contribution in [0.3, 0.4) is 0 Å². The van der Waals surface area contributed by atoms with Crippen LogP contribution < -0.4 is 0 Å². The van der Waals surface area contributed by atoms with Crippen LogP contribution in [-0.2, 0) is 0 Å². The van der Waals surface area contributed by atoms with Crippen LogP contribution in [0.4, 0.5) is 3.89 Å². The third-order valence-electron chi connectivity index (χ3n) is 0.931. The molecule has 1 rings (SSSR count). The van der Waals surface area contributed by atoms with Crippen LogP contribution in [0.15, 0.2) is 23.4 Å². The Labute approximate surface area is 62.0 Å². The van der Waals surface area contributed by atoms with E-state index in [0.29, 0.717) is 10.5 Å². The summed E-state index contributed by atoms with van der Waals surface area (Å²) in [6.45, 7) is 0. The van der Waals surface area contributed by atoms with Crippen molar-refractivity contribution in [1.82, 2.24) is 4.98 Å². The zero-order chi connectivity index (χ0) is 7.40. The molecule has 0 radical (unpaired) electrons. The van der Waals surface area contributed by atoms with Crippen molar-refractivity contribution >= 4 is 12.1 Å². The minimum atomic E-state index is 0.0847. The second-order valence-electron chi connectivity index (χ2n) is 1.60. The molecule has 10 heavy (non-hydrogen) atoms. The Morgan fingerprint density at radius 2 is 2.40 bits per heavy atom. The number of rotatable bonds is 1. The molecule has 0 aliphatic carbocycles. The van der Waals surface area contributed by atoms with Gasteiger partial charge in [-0.2, -0.15) is 9.15 Å². The standard InChI is InChI=1S/C6H3FN2S/c7-10-6-1-5(2-8)3-9-4-6/h1,3-4H. The molecule has 0 N–H and O–H groups in total. The largest absolute Gasteiger partial charge is 0.262 e. The summed E-state index contributed by atoms with van der Waals surface area (Å²) in [6.07, 6.45) is 2.76. The third kappa shape index (κ3) is 1.45. The summed E-state index contributed by atoms with van der Waals surface area (Å²) in [5.41, 5.74) is 0.377. The number of halogens is 1. The van der Waals surface area contributed by atoms with Crippen LogP contribution in [0.25, 0.3) is 0 Å². The molecule has 0 spiro atoms. The SMILES string of the molecule is N#Cc1cncc(SF)c1. The molecule has 1 heterocycles. The molecular formula is C6H3FN2S. The van der Waals surface area contributed by atoms with Gasteiger partial charge >= 0.3 is 0 Å². The number of nitrogens with zero attached hydrogens (tertiary/aromatic N) is 2. The molecule has 0 aliphatic rings. The van der Waals surface area contributed by atoms with E-state index in [4.69, 9.17) is 5.26 Å². The zero-order valence-corrected chi connectivity index (χ0v) is 5.73. The second kappa shape index (κ2) is 3.18. The van der Waals surface area contributed by atoms with Crippen molar-refractivity contribution in [3.63, 3.8) is 0 Å². The Kier molecular flexibility index (Phi) is 2.24. The first-order valence-electron chi connectivity index (χ1n) is 2.50. The Balaban J connectivity index is 3.01. The van der Waals surface area contributed by atoms with E-state index in [-0.39, 0.29) is 12.1 Å². The first kappa shape index (κ1) is 7.03. The fourth-order valence-electron chi connectivity index (χ4n) is 0.522. The maximum absolute atomic E-state index is 11.8. The van der Waals surface area contributed by atoms with Crippen molar-refractivity contribution < 1.29 is 3.89 Å². The molecule has 1 aromatic heterocycles. The van der Waals surface area contributed by atoms with Gasteiger partial charge in [0.1, 0.15) is 6.07 Å². The molecule has 0 aliphatic heterocycles. The highest BCUT2D eigenvalue weighted by molar-refractivity contribution is 7.94. The van der Waals surface area contributed by atoms with E-state index >= 15 is 0 Å². The predicted octanol–water partition coefficient (Wildman–Crippen LogP) is 1.93. The van der Waals surface area contributed by atoms with Crippen LogP contribution in [0.1, 0.15) is 5.56 Å². The van der Waals surface area contributed by atoms with Gasteiger partial charge in [0.2, 0.25) is 0 Å². The zero-order valence-electron chi connectivity index (χ0n) is 4.91. The summed E-state index contributed by atoms with van der Waals surface area (Å²) in [7, 11) is 0. The lowest BCUT2D eigenvalue weighted by Crippen LogP contribution is -1.77. The molecule has 0 fully saturated rings. The minimum absolute atomic E-state index is 0.0847. The third-order valence-corrected chi connectivity index (χ3v) is 1.33. The normalized spacial score (nSPS) is 8.80. The second-order valence-corrected chi connectivity index (χ2v) is 2.22. The van der Waals surface area contributed by atoms with Crippen LogP contribution in [0.2, 0.25) is 0 Å². The van der Waals surface area contributed by atoms with Crippen LogP contribution in [-0.4, -0.2) is 4.98 Å². The summed E-state index contributed by atoms with van der Waals surface area (Å²) < 4.78 is 11.8. The summed E-state index contributed by atoms with van der Waals surface area (Å²) in [4.78, 5) is 4.00. The van der Waals surface area contributed by atoms with Crippen LogP contribution >= 0.6 is 12.1 Å². The average Bonchev–Trinajstić information content (AvgIpc) is 2.05. The lowest BCUT2D eigenvalue weighted by atomic mass is 10.3. The lowest BCUT2D eigenvalue weighted by Gasteiger charge is -1.89. The minimum Gasteiger partial charge on any atom is -0.262 e. The average molecular weight is 154 g/mol. The van der Waals surface area contributed by atoms with Crippen molar-refractivity contribution in [2.24, 2.45) is 0 Å². The molecule has 4 heteroatoms. The molecule has 0 aromatic carbocycles. The van der Waals surface area contributed by atoms with E-state index < -0.39 is 0 Å². The molecule has 50 valence electrons. The van der Waals surface area contributed by atoms with Gasteiger partial charge in [-0.15, -0.1) is 0 Å². The molecule has 0 bridgehead atoms. The maximum atomic E-state index is 11.8. The van der Waals surface area contributed by atoms with E-state index in [1.165, 1.54) is 18.5 Å². The molecule has 0 atom stereocenters. The van der Waals surface area contributed by atoms with E-state index in [0.717, 1.165) is 0 Å². The van der Waals surface area contributed by atoms with E-state index in [1.807, 2.05) is 6.07 Å². The predicted molar refractivity (Wildman–Crippen MR) is 35.9 cm³/mol. The molecule has 1 aromatic rings. The van der Waals surface area contributed by atoms with E-state index in [2.05, 4.69) is 4.98 Å². The Morgan fingerprint density at radius 3 is 3.00 bits per heavy atom. The van der Waals surface area contributed by atoms with Gasteiger partial charge in [-0.3, -0.25) is 4.98 Å². The van der Waals surface area contributed by atoms with Crippen LogP contribution in [0.5, 0.6) is 0 Å². The van der Waals surface area contributed by atoms with Crippen molar-refractivity contribution in [3.05, 3.63) is 24.0 Å². The molecule has 0 amide bonds.